The number of rotatable bonds is 6. The molecule has 6 heteroatoms. The highest BCUT2D eigenvalue weighted by Gasteiger charge is 2.16. The molecule has 49 heavy (non-hydrogen) atoms. The lowest BCUT2D eigenvalue weighted by Crippen LogP contribution is -2.00. The van der Waals surface area contributed by atoms with Gasteiger partial charge in [0.1, 0.15) is 17.4 Å². The minimum atomic E-state index is 0.587. The van der Waals surface area contributed by atoms with Gasteiger partial charge in [-0.25, -0.2) is 24.9 Å². The molecule has 9 aromatic rings. The van der Waals surface area contributed by atoms with Crippen LogP contribution < -0.4 is 0 Å². The first-order chi connectivity index (χ1) is 24.3. The Morgan fingerprint density at radius 2 is 0.898 bits per heavy atom. The van der Waals surface area contributed by atoms with Crippen LogP contribution in [0, 0.1) is 0 Å². The van der Waals surface area contributed by atoms with Crippen molar-refractivity contribution in [2.75, 3.05) is 0 Å². The zero-order valence-corrected chi connectivity index (χ0v) is 26.2. The van der Waals surface area contributed by atoms with Crippen LogP contribution in [-0.4, -0.2) is 24.9 Å². The topological polar surface area (TPSA) is 77.6 Å². The lowest BCUT2D eigenvalue weighted by atomic mass is 10.0. The Hall–Kier alpha value is -6.79. The van der Waals surface area contributed by atoms with E-state index in [1.807, 2.05) is 60.7 Å². The molecule has 230 valence electrons. The number of fused-ring (bicyclic) bond motifs is 3. The van der Waals surface area contributed by atoms with E-state index in [0.717, 1.165) is 66.6 Å². The van der Waals surface area contributed by atoms with Crippen molar-refractivity contribution < 1.29 is 4.42 Å². The molecule has 0 aliphatic heterocycles. The number of nitrogens with zero attached hydrogens (tertiary/aromatic N) is 5. The first kappa shape index (κ1) is 28.4. The van der Waals surface area contributed by atoms with E-state index in [1.54, 1.807) is 12.5 Å². The Kier molecular flexibility index (Phi) is 7.02. The first-order valence-corrected chi connectivity index (χ1v) is 16.1. The van der Waals surface area contributed by atoms with Crippen LogP contribution in [-0.2, 0) is 0 Å². The lowest BCUT2D eigenvalue weighted by molar-refractivity contribution is 0.666. The van der Waals surface area contributed by atoms with Gasteiger partial charge in [-0.05, 0) is 39.9 Å². The Labute approximate surface area is 282 Å². The summed E-state index contributed by atoms with van der Waals surface area (Å²) >= 11 is 0. The molecular formula is C43H27N5O. The van der Waals surface area contributed by atoms with E-state index in [4.69, 9.17) is 19.4 Å². The number of para-hydroxylation sites is 1. The summed E-state index contributed by atoms with van der Waals surface area (Å²) in [6, 6.07) is 51.8. The first-order valence-electron chi connectivity index (χ1n) is 16.1. The van der Waals surface area contributed by atoms with Gasteiger partial charge in [0.05, 0.1) is 6.20 Å². The van der Waals surface area contributed by atoms with Crippen LogP contribution in [0.3, 0.4) is 0 Å². The largest absolute Gasteiger partial charge is 0.452 e. The van der Waals surface area contributed by atoms with Gasteiger partial charge in [0, 0.05) is 27.6 Å². The minimum absolute atomic E-state index is 0.587. The molecule has 9 rings (SSSR count). The van der Waals surface area contributed by atoms with Crippen molar-refractivity contribution in [2.24, 2.45) is 0 Å². The van der Waals surface area contributed by atoms with Crippen LogP contribution in [0.15, 0.2) is 169 Å². The molecular weight excluding hydrogens is 603 g/mol. The van der Waals surface area contributed by atoms with E-state index in [1.165, 1.54) is 0 Å². The Morgan fingerprint density at radius 3 is 1.51 bits per heavy atom. The molecule has 0 radical (unpaired) electrons. The molecule has 0 N–H and O–H groups in total. The Bertz CT molecular complexity index is 2480. The van der Waals surface area contributed by atoms with Gasteiger partial charge in [-0.2, -0.15) is 0 Å². The van der Waals surface area contributed by atoms with Gasteiger partial charge in [0.15, 0.2) is 23.1 Å². The average molecular weight is 630 g/mol. The third-order valence-corrected chi connectivity index (χ3v) is 8.73. The summed E-state index contributed by atoms with van der Waals surface area (Å²) in [5.74, 6) is 1.80. The van der Waals surface area contributed by atoms with Crippen molar-refractivity contribution >= 4 is 22.1 Å². The molecule has 6 nitrogen and oxygen atoms in total. The maximum Gasteiger partial charge on any atom is 0.172 e. The quantitative estimate of drug-likeness (QED) is 0.182. The van der Waals surface area contributed by atoms with E-state index >= 15 is 0 Å². The van der Waals surface area contributed by atoms with Crippen molar-refractivity contribution in [3.63, 3.8) is 0 Å². The zero-order chi connectivity index (χ0) is 32.6. The maximum absolute atomic E-state index is 6.25. The summed E-state index contributed by atoms with van der Waals surface area (Å²) in [4.78, 5) is 23.7. The molecule has 0 aliphatic carbocycles. The summed E-state index contributed by atoms with van der Waals surface area (Å²) in [5.41, 5.74) is 11.4. The number of hydrogen-bond donors (Lipinski definition) is 0. The van der Waals surface area contributed by atoms with Gasteiger partial charge in [-0.3, -0.25) is 0 Å². The van der Waals surface area contributed by atoms with E-state index in [0.29, 0.717) is 23.1 Å². The predicted molar refractivity (Wildman–Crippen MR) is 195 cm³/mol. The summed E-state index contributed by atoms with van der Waals surface area (Å²) in [6.07, 6.45) is 3.25. The smallest absolute Gasteiger partial charge is 0.172 e. The average Bonchev–Trinajstić information content (AvgIpc) is 3.58. The highest BCUT2D eigenvalue weighted by Crippen LogP contribution is 2.36. The molecule has 0 spiro atoms. The fourth-order valence-corrected chi connectivity index (χ4v) is 6.24. The molecule has 0 amide bonds. The molecule has 0 atom stereocenters. The van der Waals surface area contributed by atoms with Crippen molar-refractivity contribution in [1.82, 2.24) is 24.9 Å². The van der Waals surface area contributed by atoms with E-state index in [2.05, 4.69) is 101 Å². The molecule has 0 saturated carbocycles. The number of benzene rings is 6. The molecule has 0 bridgehead atoms. The molecule has 0 saturated heterocycles. The van der Waals surface area contributed by atoms with Gasteiger partial charge in [-0.1, -0.05) is 140 Å². The van der Waals surface area contributed by atoms with Gasteiger partial charge in [-0.15, -0.1) is 0 Å². The molecule has 0 fully saturated rings. The second-order valence-electron chi connectivity index (χ2n) is 11.8. The highest BCUT2D eigenvalue weighted by molar-refractivity contribution is 6.07. The van der Waals surface area contributed by atoms with Crippen LogP contribution in [0.2, 0.25) is 0 Å². The zero-order valence-electron chi connectivity index (χ0n) is 26.2. The number of furan rings is 1. The van der Waals surface area contributed by atoms with E-state index < -0.39 is 0 Å². The fraction of sp³-hybridized carbons (Fsp3) is 0. The van der Waals surface area contributed by atoms with Crippen molar-refractivity contribution in [3.05, 3.63) is 164 Å². The molecule has 6 aromatic carbocycles. The van der Waals surface area contributed by atoms with Gasteiger partial charge in [0.2, 0.25) is 0 Å². The molecule has 0 unspecified atom stereocenters. The second kappa shape index (κ2) is 12.1. The van der Waals surface area contributed by atoms with Gasteiger partial charge in [0.25, 0.3) is 0 Å². The third kappa shape index (κ3) is 5.41. The number of hydrogen-bond acceptors (Lipinski definition) is 6. The van der Waals surface area contributed by atoms with Crippen LogP contribution >= 0.6 is 0 Å². The van der Waals surface area contributed by atoms with Crippen molar-refractivity contribution in [2.45, 2.75) is 0 Å². The monoisotopic (exact) mass is 629 g/mol. The second-order valence-corrected chi connectivity index (χ2v) is 11.8. The minimum Gasteiger partial charge on any atom is -0.452 e. The maximum atomic E-state index is 6.25. The van der Waals surface area contributed by atoms with E-state index in [9.17, 15) is 0 Å². The van der Waals surface area contributed by atoms with Gasteiger partial charge >= 0.3 is 0 Å². The predicted octanol–water partition coefficient (Wildman–Crippen LogP) is 10.6. The fourth-order valence-electron chi connectivity index (χ4n) is 6.24. The van der Waals surface area contributed by atoms with Crippen molar-refractivity contribution in [3.8, 4) is 67.5 Å². The highest BCUT2D eigenvalue weighted by atomic mass is 16.3. The summed E-state index contributed by atoms with van der Waals surface area (Å²) in [5, 5.41) is 0.947. The van der Waals surface area contributed by atoms with Crippen LogP contribution in [0.1, 0.15) is 0 Å². The lowest BCUT2D eigenvalue weighted by Gasteiger charge is -2.11. The third-order valence-electron chi connectivity index (χ3n) is 8.73. The summed E-state index contributed by atoms with van der Waals surface area (Å²) in [7, 11) is 0. The van der Waals surface area contributed by atoms with Crippen LogP contribution in [0.25, 0.3) is 89.6 Å². The van der Waals surface area contributed by atoms with Gasteiger partial charge < -0.3 is 4.42 Å². The van der Waals surface area contributed by atoms with Crippen molar-refractivity contribution in [1.29, 1.82) is 0 Å². The standard InChI is InChI=1S/C43H27N5O/c1-3-9-28(10-4-1)30-17-21-32(22-18-30)41-46-42(33-23-19-31(20-24-33)29-11-5-2-6-12-29)48-43(47-41)35-14-7-13-34(25-35)36-15-8-16-37-39-38(49-40(36)37)26-44-27-45-39/h1-27H. The van der Waals surface area contributed by atoms with Crippen LogP contribution in [0.4, 0.5) is 0 Å². The van der Waals surface area contributed by atoms with Crippen LogP contribution in [0.5, 0.6) is 0 Å². The Balaban J connectivity index is 1.16. The molecule has 0 aliphatic rings. The number of aromatic nitrogens is 5. The molecule has 3 aromatic heterocycles. The van der Waals surface area contributed by atoms with E-state index in [-0.39, 0.29) is 0 Å². The summed E-state index contributed by atoms with van der Waals surface area (Å²) < 4.78 is 6.25. The molecule has 3 heterocycles. The normalized spacial score (nSPS) is 11.3. The Morgan fingerprint density at radius 1 is 0.408 bits per heavy atom. The summed E-state index contributed by atoms with van der Waals surface area (Å²) in [6.45, 7) is 0. The SMILES string of the molecule is c1ccc(-c2ccc(-c3nc(-c4ccc(-c5ccccc5)cc4)nc(-c4cccc(-c5cccc6c5oc5cncnc56)c4)n3)cc2)cc1.